The largest absolute Gasteiger partial charge is 0.495 e. The van der Waals surface area contributed by atoms with Gasteiger partial charge in [0.25, 0.3) is 0 Å². The van der Waals surface area contributed by atoms with Crippen LogP contribution >= 0.6 is 11.6 Å². The zero-order chi connectivity index (χ0) is 16.7. The van der Waals surface area contributed by atoms with E-state index >= 15 is 0 Å². The van der Waals surface area contributed by atoms with Gasteiger partial charge >= 0.3 is 6.03 Å². The number of hydrogen-bond acceptors (Lipinski definition) is 4. The van der Waals surface area contributed by atoms with E-state index in [1.807, 2.05) is 23.1 Å². The number of anilines is 1. The molecule has 1 fully saturated rings. The number of rotatable bonds is 6. The maximum Gasteiger partial charge on any atom is 0.317 e. The van der Waals surface area contributed by atoms with Gasteiger partial charge in [0.2, 0.25) is 0 Å². The van der Waals surface area contributed by atoms with Gasteiger partial charge in [0.15, 0.2) is 0 Å². The Morgan fingerprint density at radius 1 is 1.26 bits per heavy atom. The molecule has 2 rings (SSSR count). The quantitative estimate of drug-likeness (QED) is 0.806. The van der Waals surface area contributed by atoms with E-state index in [2.05, 4.69) is 10.2 Å². The third kappa shape index (κ3) is 4.91. The minimum absolute atomic E-state index is 0.0150. The molecule has 0 bridgehead atoms. The first kappa shape index (κ1) is 17.7. The van der Waals surface area contributed by atoms with E-state index in [9.17, 15) is 4.79 Å². The Kier molecular flexibility index (Phi) is 6.80. The molecule has 0 radical (unpaired) electrons. The normalized spacial score (nSPS) is 14.7. The molecule has 6 nitrogen and oxygen atoms in total. The summed E-state index contributed by atoms with van der Waals surface area (Å²) in [5, 5.41) is 3.60. The zero-order valence-electron chi connectivity index (χ0n) is 13.7. The summed E-state index contributed by atoms with van der Waals surface area (Å²) >= 11 is 6.09. The number of carbonyl (C=O) groups is 1. The fourth-order valence-electron chi connectivity index (χ4n) is 2.58. The van der Waals surface area contributed by atoms with E-state index in [4.69, 9.17) is 21.1 Å². The van der Waals surface area contributed by atoms with Crippen LogP contribution in [0.3, 0.4) is 0 Å². The lowest BCUT2D eigenvalue weighted by atomic mass is 10.2. The lowest BCUT2D eigenvalue weighted by Gasteiger charge is -2.36. The van der Waals surface area contributed by atoms with Crippen molar-refractivity contribution in [2.24, 2.45) is 0 Å². The number of ether oxygens (including phenoxy) is 2. The van der Waals surface area contributed by atoms with E-state index in [1.54, 1.807) is 14.2 Å². The number of benzene rings is 1. The third-order valence-electron chi connectivity index (χ3n) is 3.85. The van der Waals surface area contributed by atoms with Crippen molar-refractivity contribution in [1.82, 2.24) is 10.2 Å². The van der Waals surface area contributed by atoms with Gasteiger partial charge in [-0.3, -0.25) is 0 Å². The minimum atomic E-state index is -0.0150. The van der Waals surface area contributed by atoms with Crippen LogP contribution in [0.15, 0.2) is 18.2 Å². The summed E-state index contributed by atoms with van der Waals surface area (Å²) in [7, 11) is 3.31. The third-order valence-corrected chi connectivity index (χ3v) is 4.09. The molecular formula is C16H24ClN3O3. The second kappa shape index (κ2) is 8.84. The molecule has 0 unspecified atom stereocenters. The monoisotopic (exact) mass is 341 g/mol. The van der Waals surface area contributed by atoms with Crippen LogP contribution in [-0.4, -0.2) is 64.5 Å². The van der Waals surface area contributed by atoms with E-state index < -0.39 is 0 Å². The molecule has 0 aromatic heterocycles. The molecule has 7 heteroatoms. The highest BCUT2D eigenvalue weighted by atomic mass is 35.5. The molecule has 2 amide bonds. The molecular weight excluding hydrogens is 318 g/mol. The van der Waals surface area contributed by atoms with E-state index in [0.717, 1.165) is 30.9 Å². The SMILES string of the molecule is COCCCNC(=O)N1CCN(c2cc(Cl)ccc2OC)CC1. The molecule has 1 saturated heterocycles. The smallest absolute Gasteiger partial charge is 0.317 e. The van der Waals surface area contributed by atoms with Crippen LogP contribution in [0.1, 0.15) is 6.42 Å². The van der Waals surface area contributed by atoms with Crippen molar-refractivity contribution < 1.29 is 14.3 Å². The van der Waals surface area contributed by atoms with Crippen LogP contribution in [0.2, 0.25) is 5.02 Å². The number of methoxy groups -OCH3 is 2. The van der Waals surface area contributed by atoms with Crippen LogP contribution in [0.5, 0.6) is 5.75 Å². The van der Waals surface area contributed by atoms with E-state index in [-0.39, 0.29) is 6.03 Å². The molecule has 23 heavy (non-hydrogen) atoms. The zero-order valence-corrected chi connectivity index (χ0v) is 14.4. The Bertz CT molecular complexity index is 519. The lowest BCUT2D eigenvalue weighted by Crippen LogP contribution is -2.52. The van der Waals surface area contributed by atoms with Gasteiger partial charge in [0.1, 0.15) is 5.75 Å². The van der Waals surface area contributed by atoms with Gasteiger partial charge in [-0.2, -0.15) is 0 Å². The minimum Gasteiger partial charge on any atom is -0.495 e. The first-order chi connectivity index (χ1) is 11.2. The summed E-state index contributed by atoms with van der Waals surface area (Å²) in [6, 6.07) is 5.57. The number of amides is 2. The molecule has 0 saturated carbocycles. The lowest BCUT2D eigenvalue weighted by molar-refractivity contribution is 0.183. The summed E-state index contributed by atoms with van der Waals surface area (Å²) in [5.41, 5.74) is 0.972. The van der Waals surface area contributed by atoms with Crippen LogP contribution in [0.25, 0.3) is 0 Å². The second-order valence-corrected chi connectivity index (χ2v) is 5.80. The maximum atomic E-state index is 12.1. The van der Waals surface area contributed by atoms with Crippen molar-refractivity contribution in [1.29, 1.82) is 0 Å². The molecule has 0 atom stereocenters. The second-order valence-electron chi connectivity index (χ2n) is 5.37. The summed E-state index contributed by atoms with van der Waals surface area (Å²) in [6.07, 6.45) is 0.821. The number of nitrogens with one attached hydrogen (secondary N) is 1. The standard InChI is InChI=1S/C16H24ClN3O3/c1-22-11-3-6-18-16(21)20-9-7-19(8-10-20)14-12-13(17)4-5-15(14)23-2/h4-5,12H,3,6-11H2,1-2H3,(H,18,21). The van der Waals surface area contributed by atoms with Crippen molar-refractivity contribution in [3.05, 3.63) is 23.2 Å². The molecule has 1 aromatic rings. The number of nitrogens with zero attached hydrogens (tertiary/aromatic N) is 2. The Morgan fingerprint density at radius 2 is 2.00 bits per heavy atom. The average molecular weight is 342 g/mol. The molecule has 0 aliphatic carbocycles. The Morgan fingerprint density at radius 3 is 2.65 bits per heavy atom. The summed E-state index contributed by atoms with van der Waals surface area (Å²) in [4.78, 5) is 16.1. The predicted molar refractivity (Wildman–Crippen MR) is 91.7 cm³/mol. The first-order valence-corrected chi connectivity index (χ1v) is 8.13. The molecule has 0 spiro atoms. The summed E-state index contributed by atoms with van der Waals surface area (Å²) < 4.78 is 10.4. The van der Waals surface area contributed by atoms with Crippen molar-refractivity contribution in [2.45, 2.75) is 6.42 Å². The van der Waals surface area contributed by atoms with Gasteiger partial charge in [0, 0.05) is 51.5 Å². The van der Waals surface area contributed by atoms with Gasteiger partial charge < -0.3 is 24.6 Å². The first-order valence-electron chi connectivity index (χ1n) is 7.76. The Balaban J connectivity index is 1.86. The van der Waals surface area contributed by atoms with Crippen molar-refractivity contribution in [3.63, 3.8) is 0 Å². The van der Waals surface area contributed by atoms with Gasteiger partial charge in [-0.1, -0.05) is 11.6 Å². The number of piperazine rings is 1. The topological polar surface area (TPSA) is 54.0 Å². The Hall–Kier alpha value is -1.66. The number of hydrogen-bond donors (Lipinski definition) is 1. The van der Waals surface area contributed by atoms with E-state index in [0.29, 0.717) is 31.3 Å². The maximum absolute atomic E-state index is 12.1. The Labute approximate surface area is 142 Å². The number of halogens is 1. The summed E-state index contributed by atoms with van der Waals surface area (Å²) in [5.74, 6) is 0.798. The van der Waals surface area contributed by atoms with Crippen molar-refractivity contribution >= 4 is 23.3 Å². The van der Waals surface area contributed by atoms with Crippen LogP contribution in [-0.2, 0) is 4.74 Å². The highest BCUT2D eigenvalue weighted by Crippen LogP contribution is 2.31. The fourth-order valence-corrected chi connectivity index (χ4v) is 2.75. The van der Waals surface area contributed by atoms with E-state index in [1.165, 1.54) is 0 Å². The summed E-state index contributed by atoms with van der Waals surface area (Å²) in [6.45, 7) is 4.14. The predicted octanol–water partition coefficient (Wildman–Crippen LogP) is 2.22. The molecule has 1 aliphatic rings. The molecule has 1 aromatic carbocycles. The number of carbonyl (C=O) groups excluding carboxylic acids is 1. The number of urea groups is 1. The van der Waals surface area contributed by atoms with Crippen LogP contribution in [0.4, 0.5) is 10.5 Å². The molecule has 128 valence electrons. The molecule has 1 aliphatic heterocycles. The van der Waals surface area contributed by atoms with Gasteiger partial charge in [-0.15, -0.1) is 0 Å². The van der Waals surface area contributed by atoms with Crippen molar-refractivity contribution in [3.8, 4) is 5.75 Å². The van der Waals surface area contributed by atoms with Crippen LogP contribution in [0, 0.1) is 0 Å². The van der Waals surface area contributed by atoms with Gasteiger partial charge in [-0.25, -0.2) is 4.79 Å². The molecule has 1 N–H and O–H groups in total. The van der Waals surface area contributed by atoms with Gasteiger partial charge in [0.05, 0.1) is 12.8 Å². The average Bonchev–Trinajstić information content (AvgIpc) is 2.58. The highest BCUT2D eigenvalue weighted by molar-refractivity contribution is 6.30. The van der Waals surface area contributed by atoms with Crippen LogP contribution < -0.4 is 15.0 Å². The van der Waals surface area contributed by atoms with Gasteiger partial charge in [-0.05, 0) is 24.6 Å². The fraction of sp³-hybridized carbons (Fsp3) is 0.562. The molecule has 1 heterocycles. The highest BCUT2D eigenvalue weighted by Gasteiger charge is 2.22. The van der Waals surface area contributed by atoms with Crippen molar-refractivity contribution in [2.75, 3.05) is 58.5 Å².